The van der Waals surface area contributed by atoms with Crippen molar-refractivity contribution in [2.45, 2.75) is 33.2 Å². The number of aromatic amines is 1. The van der Waals surface area contributed by atoms with Crippen molar-refractivity contribution in [3.05, 3.63) is 108 Å². The Balaban J connectivity index is 1.65. The number of aromatic nitrogens is 1. The zero-order chi connectivity index (χ0) is 29.6. The monoisotopic (exact) mass is 555 g/mol. The Morgan fingerprint density at radius 3 is 2.17 bits per heavy atom. The lowest BCUT2D eigenvalue weighted by Gasteiger charge is -2.20. The number of rotatable bonds is 5. The summed E-state index contributed by atoms with van der Waals surface area (Å²) < 4.78 is 6.57. The number of carbonyl (C=O) groups excluding carboxylic acids is 2. The molecule has 0 saturated carbocycles. The highest BCUT2D eigenvalue weighted by Crippen LogP contribution is 2.43. The van der Waals surface area contributed by atoms with Crippen LogP contribution in [0, 0.1) is 6.92 Å². The van der Waals surface area contributed by atoms with Gasteiger partial charge in [-0.15, -0.1) is 0 Å². The summed E-state index contributed by atoms with van der Waals surface area (Å²) in [5, 5.41) is 7.41. The van der Waals surface area contributed by atoms with Crippen molar-refractivity contribution in [2.24, 2.45) is 0 Å². The first kappa shape index (κ1) is 27.1. The second-order valence-electron chi connectivity index (χ2n) is 11.7. The molecular formula is C36H33N3O3. The van der Waals surface area contributed by atoms with E-state index in [4.69, 9.17) is 4.42 Å². The lowest BCUT2D eigenvalue weighted by atomic mass is 9.96. The zero-order valence-corrected chi connectivity index (χ0v) is 24.4. The third-order valence-corrected chi connectivity index (χ3v) is 7.34. The molecule has 2 amide bonds. The number of H-pyrrole nitrogens is 1. The van der Waals surface area contributed by atoms with Gasteiger partial charge in [0.1, 0.15) is 11.3 Å². The molecule has 0 saturated heterocycles. The van der Waals surface area contributed by atoms with E-state index >= 15 is 0 Å². The third-order valence-electron chi connectivity index (χ3n) is 7.34. The van der Waals surface area contributed by atoms with Crippen molar-refractivity contribution in [1.29, 1.82) is 0 Å². The van der Waals surface area contributed by atoms with Gasteiger partial charge in [-0.3, -0.25) is 9.59 Å². The molecule has 0 aliphatic carbocycles. The third kappa shape index (κ3) is 4.96. The van der Waals surface area contributed by atoms with Crippen LogP contribution in [-0.4, -0.2) is 29.4 Å². The molecule has 42 heavy (non-hydrogen) atoms. The maximum Gasteiger partial charge on any atom is 0.255 e. The lowest BCUT2D eigenvalue weighted by Crippen LogP contribution is -2.40. The average molecular weight is 556 g/mol. The fourth-order valence-corrected chi connectivity index (χ4v) is 5.34. The van der Waals surface area contributed by atoms with Gasteiger partial charge in [-0.25, -0.2) is 0 Å². The standard InChI is InChI=1S/C36H33N3O3/c1-21-14-16-23(17-15-21)32-30(35(41)37-5)27-19-26(24-12-9-13-25(18-24)34(40)39-36(2,3)4)31-28(33(27)42-32)20-29(38-31)22-10-7-6-8-11-22/h6-20,38H,1-5H3,(H,37,41)(H,39,40). The number of nitrogens with one attached hydrogen (secondary N) is 3. The summed E-state index contributed by atoms with van der Waals surface area (Å²) in [6, 6.07) is 29.7. The zero-order valence-electron chi connectivity index (χ0n) is 24.4. The normalized spacial score (nSPS) is 11.6. The van der Waals surface area contributed by atoms with Crippen LogP contribution in [-0.2, 0) is 0 Å². The van der Waals surface area contributed by atoms with E-state index in [1.54, 1.807) is 7.05 Å². The Hall–Kier alpha value is -5.10. The molecule has 3 N–H and O–H groups in total. The summed E-state index contributed by atoms with van der Waals surface area (Å²) in [4.78, 5) is 30.1. The maximum atomic E-state index is 13.4. The van der Waals surface area contributed by atoms with Crippen molar-refractivity contribution < 1.29 is 14.0 Å². The van der Waals surface area contributed by atoms with Crippen LogP contribution in [0.25, 0.3) is 55.6 Å². The van der Waals surface area contributed by atoms with Crippen LogP contribution in [0.4, 0.5) is 0 Å². The molecule has 0 aliphatic rings. The SMILES string of the molecule is CNC(=O)c1c(-c2ccc(C)cc2)oc2c1cc(-c1cccc(C(=O)NC(C)(C)C)c1)c1[nH]c(-c3ccccc3)cc12. The van der Waals surface area contributed by atoms with Gasteiger partial charge < -0.3 is 20.0 Å². The first-order valence-electron chi connectivity index (χ1n) is 14.0. The lowest BCUT2D eigenvalue weighted by molar-refractivity contribution is 0.0918. The molecule has 4 aromatic carbocycles. The molecule has 0 aliphatic heterocycles. The van der Waals surface area contributed by atoms with E-state index in [1.165, 1.54) is 0 Å². The molecule has 0 radical (unpaired) electrons. The van der Waals surface area contributed by atoms with E-state index in [9.17, 15) is 9.59 Å². The molecule has 6 heteroatoms. The Labute approximate surface area is 244 Å². The van der Waals surface area contributed by atoms with Crippen molar-refractivity contribution in [2.75, 3.05) is 7.05 Å². The minimum Gasteiger partial charge on any atom is -0.454 e. The molecule has 6 aromatic rings. The summed E-state index contributed by atoms with van der Waals surface area (Å²) in [6.45, 7) is 7.90. The number of benzene rings is 4. The number of aryl methyl sites for hydroxylation is 1. The van der Waals surface area contributed by atoms with Gasteiger partial charge >= 0.3 is 0 Å². The molecule has 2 aromatic heterocycles. The fraction of sp³-hybridized carbons (Fsp3) is 0.167. The first-order valence-corrected chi connectivity index (χ1v) is 14.0. The second-order valence-corrected chi connectivity index (χ2v) is 11.7. The Morgan fingerprint density at radius 1 is 0.762 bits per heavy atom. The van der Waals surface area contributed by atoms with E-state index in [0.717, 1.165) is 44.4 Å². The summed E-state index contributed by atoms with van der Waals surface area (Å²) in [7, 11) is 1.63. The van der Waals surface area contributed by atoms with Gasteiger partial charge in [0.15, 0.2) is 0 Å². The van der Waals surface area contributed by atoms with Gasteiger partial charge in [0.25, 0.3) is 11.8 Å². The van der Waals surface area contributed by atoms with Crippen LogP contribution >= 0.6 is 0 Å². The van der Waals surface area contributed by atoms with Crippen molar-refractivity contribution in [3.63, 3.8) is 0 Å². The molecule has 210 valence electrons. The topological polar surface area (TPSA) is 87.1 Å². The van der Waals surface area contributed by atoms with Gasteiger partial charge in [-0.05, 0) is 63.1 Å². The van der Waals surface area contributed by atoms with Crippen molar-refractivity contribution in [1.82, 2.24) is 15.6 Å². The summed E-state index contributed by atoms with van der Waals surface area (Å²) >= 11 is 0. The van der Waals surface area contributed by atoms with E-state index in [-0.39, 0.29) is 17.4 Å². The summed E-state index contributed by atoms with van der Waals surface area (Å²) in [6.07, 6.45) is 0. The molecule has 6 nitrogen and oxygen atoms in total. The van der Waals surface area contributed by atoms with Crippen LogP contribution in [0.2, 0.25) is 0 Å². The number of hydrogen-bond donors (Lipinski definition) is 3. The van der Waals surface area contributed by atoms with E-state index in [0.29, 0.717) is 27.9 Å². The van der Waals surface area contributed by atoms with E-state index in [1.807, 2.05) is 100 Å². The highest BCUT2D eigenvalue weighted by Gasteiger charge is 2.26. The van der Waals surface area contributed by atoms with Gasteiger partial charge in [0.05, 0.1) is 11.1 Å². The van der Waals surface area contributed by atoms with Gasteiger partial charge in [0, 0.05) is 45.7 Å². The maximum absolute atomic E-state index is 13.4. The first-order chi connectivity index (χ1) is 20.1. The number of hydrogen-bond acceptors (Lipinski definition) is 3. The predicted molar refractivity (Wildman–Crippen MR) is 170 cm³/mol. The van der Waals surface area contributed by atoms with Crippen LogP contribution in [0.15, 0.2) is 95.4 Å². The van der Waals surface area contributed by atoms with Crippen molar-refractivity contribution in [3.8, 4) is 33.7 Å². The number of amides is 2. The predicted octanol–water partition coefficient (Wildman–Crippen LogP) is 8.11. The Kier molecular flexibility index (Phi) is 6.70. The summed E-state index contributed by atoms with van der Waals surface area (Å²) in [5.74, 6) is 0.143. The van der Waals surface area contributed by atoms with Crippen LogP contribution in [0.5, 0.6) is 0 Å². The quantitative estimate of drug-likeness (QED) is 0.201. The Morgan fingerprint density at radius 2 is 1.48 bits per heavy atom. The number of fused-ring (bicyclic) bond motifs is 3. The second kappa shape index (κ2) is 10.4. The molecule has 6 rings (SSSR count). The minimum atomic E-state index is -0.366. The van der Waals surface area contributed by atoms with Gasteiger partial charge in [-0.1, -0.05) is 72.3 Å². The van der Waals surface area contributed by atoms with Crippen LogP contribution < -0.4 is 10.6 Å². The molecule has 0 spiro atoms. The molecular weight excluding hydrogens is 522 g/mol. The van der Waals surface area contributed by atoms with Crippen molar-refractivity contribution >= 4 is 33.7 Å². The Bertz CT molecular complexity index is 1960. The van der Waals surface area contributed by atoms with Crippen LogP contribution in [0.1, 0.15) is 47.1 Å². The highest BCUT2D eigenvalue weighted by molar-refractivity contribution is 6.20. The van der Waals surface area contributed by atoms with Crippen LogP contribution in [0.3, 0.4) is 0 Å². The molecule has 0 atom stereocenters. The summed E-state index contributed by atoms with van der Waals surface area (Å²) in [5.41, 5.74) is 7.78. The largest absolute Gasteiger partial charge is 0.454 e. The molecule has 2 heterocycles. The number of carbonyl (C=O) groups is 2. The van der Waals surface area contributed by atoms with Gasteiger partial charge in [0.2, 0.25) is 0 Å². The molecule has 0 unspecified atom stereocenters. The number of furan rings is 1. The van der Waals surface area contributed by atoms with E-state index < -0.39 is 0 Å². The molecule has 0 bridgehead atoms. The smallest absolute Gasteiger partial charge is 0.255 e. The average Bonchev–Trinajstić information content (AvgIpc) is 3.59. The van der Waals surface area contributed by atoms with E-state index in [2.05, 4.69) is 33.8 Å². The van der Waals surface area contributed by atoms with Gasteiger partial charge in [-0.2, -0.15) is 0 Å². The highest BCUT2D eigenvalue weighted by atomic mass is 16.3. The minimum absolute atomic E-state index is 0.144. The molecule has 0 fully saturated rings. The fourth-order valence-electron chi connectivity index (χ4n) is 5.34.